The van der Waals surface area contributed by atoms with E-state index in [1.165, 1.54) is 24.0 Å². The molecule has 3 rings (SSSR count). The predicted octanol–water partition coefficient (Wildman–Crippen LogP) is 2.73. The first-order valence-corrected chi connectivity index (χ1v) is 7.30. The molecule has 1 aromatic carbocycles. The minimum absolute atomic E-state index is 0.590. The largest absolute Gasteiger partial charge is 0.486 e. The van der Waals surface area contributed by atoms with Gasteiger partial charge in [0.15, 0.2) is 5.75 Å². The Balaban J connectivity index is 1.54. The van der Waals surface area contributed by atoms with E-state index in [0.717, 1.165) is 24.9 Å². The van der Waals surface area contributed by atoms with Crippen LogP contribution in [-0.4, -0.2) is 15.8 Å². The van der Waals surface area contributed by atoms with Crippen molar-refractivity contribution in [3.63, 3.8) is 0 Å². The molecule has 1 fully saturated rings. The Labute approximate surface area is 119 Å². The number of nitrogens with one attached hydrogen (secondary N) is 1. The fraction of sp³-hybridized carbons (Fsp3) is 0.438. The Morgan fingerprint density at radius 3 is 2.95 bits per heavy atom. The molecule has 20 heavy (non-hydrogen) atoms. The Morgan fingerprint density at radius 1 is 1.35 bits per heavy atom. The number of nitrogens with zero attached hydrogens (tertiary/aromatic N) is 2. The summed E-state index contributed by atoms with van der Waals surface area (Å²) in [6, 6.07) is 9.31. The van der Waals surface area contributed by atoms with Crippen molar-refractivity contribution in [2.75, 3.05) is 0 Å². The van der Waals surface area contributed by atoms with Crippen molar-refractivity contribution >= 4 is 0 Å². The van der Waals surface area contributed by atoms with E-state index in [4.69, 9.17) is 4.74 Å². The molecular weight excluding hydrogens is 250 g/mol. The van der Waals surface area contributed by atoms with Crippen LogP contribution < -0.4 is 10.1 Å². The summed E-state index contributed by atoms with van der Waals surface area (Å²) < 4.78 is 7.63. The molecule has 1 aliphatic rings. The zero-order valence-corrected chi connectivity index (χ0v) is 11.9. The molecule has 4 heteroatoms. The van der Waals surface area contributed by atoms with Crippen molar-refractivity contribution in [2.45, 2.75) is 45.5 Å². The second kappa shape index (κ2) is 6.09. The topological polar surface area (TPSA) is 39.1 Å². The number of hydrogen-bond acceptors (Lipinski definition) is 3. The lowest BCUT2D eigenvalue weighted by atomic mass is 10.1. The standard InChI is InChI=1S/C16H21N3O/c1-2-19-11-16(10-18-19)20-12-14-5-3-4-13(8-14)9-17-15-6-7-15/h3-5,8,10-11,15,17H,2,6-7,9,12H2,1H3. The number of rotatable bonds is 7. The highest BCUT2D eigenvalue weighted by atomic mass is 16.5. The summed E-state index contributed by atoms with van der Waals surface area (Å²) >= 11 is 0. The fourth-order valence-corrected chi connectivity index (χ4v) is 2.14. The molecule has 4 nitrogen and oxygen atoms in total. The van der Waals surface area contributed by atoms with Gasteiger partial charge in [-0.15, -0.1) is 0 Å². The molecule has 1 N–H and O–H groups in total. The molecule has 0 aliphatic heterocycles. The van der Waals surface area contributed by atoms with E-state index in [9.17, 15) is 0 Å². The van der Waals surface area contributed by atoms with Gasteiger partial charge in [0.25, 0.3) is 0 Å². The van der Waals surface area contributed by atoms with Crippen LogP contribution in [0.15, 0.2) is 36.7 Å². The van der Waals surface area contributed by atoms with Crippen LogP contribution in [0.1, 0.15) is 30.9 Å². The Bertz CT molecular complexity index is 560. The van der Waals surface area contributed by atoms with Crippen LogP contribution in [0, 0.1) is 0 Å². The van der Waals surface area contributed by atoms with Crippen LogP contribution in [0.5, 0.6) is 5.75 Å². The first kappa shape index (κ1) is 13.2. The van der Waals surface area contributed by atoms with Gasteiger partial charge >= 0.3 is 0 Å². The number of hydrogen-bond donors (Lipinski definition) is 1. The van der Waals surface area contributed by atoms with Crippen molar-refractivity contribution in [1.82, 2.24) is 15.1 Å². The Kier molecular flexibility index (Phi) is 4.02. The molecular formula is C16H21N3O. The highest BCUT2D eigenvalue weighted by Crippen LogP contribution is 2.19. The Hall–Kier alpha value is -1.81. The van der Waals surface area contributed by atoms with Gasteiger partial charge in [0.1, 0.15) is 6.61 Å². The molecule has 0 radical (unpaired) electrons. The summed E-state index contributed by atoms with van der Waals surface area (Å²) in [5, 5.41) is 7.73. The number of ether oxygens (including phenoxy) is 1. The van der Waals surface area contributed by atoms with E-state index in [2.05, 4.69) is 41.6 Å². The third-order valence-corrected chi connectivity index (χ3v) is 3.50. The predicted molar refractivity (Wildman–Crippen MR) is 78.5 cm³/mol. The van der Waals surface area contributed by atoms with Crippen LogP contribution in [0.3, 0.4) is 0 Å². The van der Waals surface area contributed by atoms with E-state index < -0.39 is 0 Å². The molecule has 0 bridgehead atoms. The normalized spacial score (nSPS) is 14.4. The van der Waals surface area contributed by atoms with Gasteiger partial charge in [0, 0.05) is 19.1 Å². The fourth-order valence-electron chi connectivity index (χ4n) is 2.14. The van der Waals surface area contributed by atoms with E-state index in [-0.39, 0.29) is 0 Å². The van der Waals surface area contributed by atoms with Crippen molar-refractivity contribution in [2.24, 2.45) is 0 Å². The van der Waals surface area contributed by atoms with Crippen molar-refractivity contribution in [3.05, 3.63) is 47.8 Å². The quantitative estimate of drug-likeness (QED) is 0.841. The summed E-state index contributed by atoms with van der Waals surface area (Å²) in [4.78, 5) is 0. The van der Waals surface area contributed by atoms with Crippen LogP contribution in [0.2, 0.25) is 0 Å². The second-order valence-corrected chi connectivity index (χ2v) is 5.30. The van der Waals surface area contributed by atoms with Gasteiger partial charge in [0.2, 0.25) is 0 Å². The van der Waals surface area contributed by atoms with Gasteiger partial charge in [-0.2, -0.15) is 5.10 Å². The molecule has 1 aromatic heterocycles. The molecule has 0 atom stereocenters. The van der Waals surface area contributed by atoms with Crippen LogP contribution in [0.4, 0.5) is 0 Å². The summed E-state index contributed by atoms with van der Waals surface area (Å²) in [5.41, 5.74) is 2.52. The van der Waals surface area contributed by atoms with Crippen molar-refractivity contribution in [1.29, 1.82) is 0 Å². The molecule has 1 saturated carbocycles. The minimum atomic E-state index is 0.590. The molecule has 0 amide bonds. The lowest BCUT2D eigenvalue weighted by Crippen LogP contribution is -2.15. The Morgan fingerprint density at radius 2 is 2.20 bits per heavy atom. The maximum absolute atomic E-state index is 5.76. The first-order chi connectivity index (χ1) is 9.83. The summed E-state index contributed by atoms with van der Waals surface area (Å²) in [6.07, 6.45) is 6.34. The van der Waals surface area contributed by atoms with Gasteiger partial charge in [-0.05, 0) is 30.9 Å². The van der Waals surface area contributed by atoms with Gasteiger partial charge in [-0.3, -0.25) is 4.68 Å². The lowest BCUT2D eigenvalue weighted by Gasteiger charge is -2.07. The molecule has 1 aliphatic carbocycles. The van der Waals surface area contributed by atoms with E-state index in [1.54, 1.807) is 6.20 Å². The van der Waals surface area contributed by atoms with Crippen molar-refractivity contribution < 1.29 is 4.74 Å². The average molecular weight is 271 g/mol. The van der Waals surface area contributed by atoms with Gasteiger partial charge in [-0.1, -0.05) is 24.3 Å². The van der Waals surface area contributed by atoms with E-state index >= 15 is 0 Å². The maximum Gasteiger partial charge on any atom is 0.157 e. The van der Waals surface area contributed by atoms with Gasteiger partial charge < -0.3 is 10.1 Å². The highest BCUT2D eigenvalue weighted by molar-refractivity contribution is 5.24. The molecule has 2 aromatic rings. The number of benzene rings is 1. The minimum Gasteiger partial charge on any atom is -0.486 e. The van der Waals surface area contributed by atoms with E-state index in [0.29, 0.717) is 6.61 Å². The lowest BCUT2D eigenvalue weighted by molar-refractivity contribution is 0.305. The van der Waals surface area contributed by atoms with Crippen LogP contribution >= 0.6 is 0 Å². The summed E-state index contributed by atoms with van der Waals surface area (Å²) in [6.45, 7) is 4.47. The third-order valence-electron chi connectivity index (χ3n) is 3.50. The maximum atomic E-state index is 5.76. The number of aromatic nitrogens is 2. The summed E-state index contributed by atoms with van der Waals surface area (Å²) in [7, 11) is 0. The van der Waals surface area contributed by atoms with Gasteiger partial charge in [0.05, 0.1) is 12.4 Å². The highest BCUT2D eigenvalue weighted by Gasteiger charge is 2.19. The SMILES string of the molecule is CCn1cc(OCc2cccc(CNC3CC3)c2)cn1. The molecule has 0 unspecified atom stereocenters. The molecule has 0 saturated heterocycles. The molecule has 1 heterocycles. The third kappa shape index (κ3) is 3.61. The average Bonchev–Trinajstić information content (AvgIpc) is 3.20. The summed E-state index contributed by atoms with van der Waals surface area (Å²) in [5.74, 6) is 0.827. The van der Waals surface area contributed by atoms with Crippen LogP contribution in [0.25, 0.3) is 0 Å². The monoisotopic (exact) mass is 271 g/mol. The zero-order valence-electron chi connectivity index (χ0n) is 11.9. The number of aryl methyl sites for hydroxylation is 1. The smallest absolute Gasteiger partial charge is 0.157 e. The first-order valence-electron chi connectivity index (χ1n) is 7.30. The molecule has 0 spiro atoms. The molecule has 106 valence electrons. The van der Waals surface area contributed by atoms with Gasteiger partial charge in [-0.25, -0.2) is 0 Å². The van der Waals surface area contributed by atoms with Crippen LogP contribution in [-0.2, 0) is 19.7 Å². The zero-order chi connectivity index (χ0) is 13.8. The second-order valence-electron chi connectivity index (χ2n) is 5.30. The van der Waals surface area contributed by atoms with E-state index in [1.807, 2.05) is 10.9 Å². The van der Waals surface area contributed by atoms with Crippen molar-refractivity contribution in [3.8, 4) is 5.75 Å².